The van der Waals surface area contributed by atoms with Gasteiger partial charge >= 0.3 is 0 Å². The van der Waals surface area contributed by atoms with Crippen LogP contribution in [0.4, 0.5) is 5.82 Å². The van der Waals surface area contributed by atoms with Gasteiger partial charge in [-0.05, 0) is 12.1 Å². The summed E-state index contributed by atoms with van der Waals surface area (Å²) in [5.74, 6) is -0.142. The zero-order valence-corrected chi connectivity index (χ0v) is 14.0. The maximum Gasteiger partial charge on any atom is 0.256 e. The molecule has 10 heteroatoms. The Morgan fingerprint density at radius 2 is 1.89 bits per heavy atom. The van der Waals surface area contributed by atoms with Crippen LogP contribution in [0.15, 0.2) is 43.0 Å². The summed E-state index contributed by atoms with van der Waals surface area (Å²) < 4.78 is 6.86. The van der Waals surface area contributed by atoms with E-state index in [0.717, 1.165) is 0 Å². The Kier molecular flexibility index (Phi) is 4.54. The third-order valence-electron chi connectivity index (χ3n) is 4.37. The summed E-state index contributed by atoms with van der Waals surface area (Å²) in [5, 5.41) is 32.4. The highest BCUT2D eigenvalue weighted by atomic mass is 16.5. The lowest BCUT2D eigenvalue weighted by molar-refractivity contribution is -0.210. The molecule has 0 bridgehead atoms. The number of carbonyl (C=O) groups is 1. The van der Waals surface area contributed by atoms with Gasteiger partial charge in [0, 0.05) is 5.56 Å². The Morgan fingerprint density at radius 1 is 1.11 bits per heavy atom. The van der Waals surface area contributed by atoms with Gasteiger partial charge in [0.1, 0.15) is 24.6 Å². The number of aromatic nitrogens is 4. The van der Waals surface area contributed by atoms with Gasteiger partial charge in [-0.3, -0.25) is 9.36 Å². The van der Waals surface area contributed by atoms with Gasteiger partial charge in [-0.2, -0.15) is 0 Å². The smallest absolute Gasteiger partial charge is 0.256 e. The van der Waals surface area contributed by atoms with Crippen molar-refractivity contribution < 1.29 is 24.9 Å². The molecule has 4 atom stereocenters. The predicted octanol–water partition coefficient (Wildman–Crippen LogP) is -0.310. The summed E-state index contributed by atoms with van der Waals surface area (Å²) in [6.07, 6.45) is -2.27. The number of aliphatic hydroxyl groups is 3. The van der Waals surface area contributed by atoms with Crippen molar-refractivity contribution in [2.45, 2.75) is 24.5 Å². The molecule has 0 aliphatic carbocycles. The number of nitrogens with zero attached hydrogens (tertiary/aromatic N) is 4. The van der Waals surface area contributed by atoms with E-state index in [1.165, 1.54) is 17.2 Å². The summed E-state index contributed by atoms with van der Waals surface area (Å²) in [4.78, 5) is 24.8. The Bertz CT molecular complexity index is 963. The van der Waals surface area contributed by atoms with Crippen molar-refractivity contribution in [3.05, 3.63) is 48.5 Å². The van der Waals surface area contributed by atoms with E-state index in [2.05, 4.69) is 20.3 Å². The Hall–Kier alpha value is -2.92. The van der Waals surface area contributed by atoms with Gasteiger partial charge in [0.25, 0.3) is 5.91 Å². The van der Waals surface area contributed by atoms with E-state index >= 15 is 0 Å². The molecule has 3 heterocycles. The third-order valence-corrected chi connectivity index (χ3v) is 4.37. The number of imidazole rings is 1. The van der Waals surface area contributed by atoms with Crippen LogP contribution in [0.3, 0.4) is 0 Å². The number of anilines is 1. The first kappa shape index (κ1) is 17.5. The number of rotatable bonds is 3. The number of fused-ring (bicyclic) bond motifs is 1. The molecule has 4 rings (SSSR count). The van der Waals surface area contributed by atoms with Crippen LogP contribution in [0.25, 0.3) is 11.2 Å². The minimum Gasteiger partial charge on any atom is -0.388 e. The lowest BCUT2D eigenvalue weighted by Crippen LogP contribution is -2.50. The van der Waals surface area contributed by atoms with Gasteiger partial charge in [0.15, 0.2) is 23.2 Å². The van der Waals surface area contributed by atoms with Gasteiger partial charge in [-0.25, -0.2) is 15.0 Å². The summed E-state index contributed by atoms with van der Waals surface area (Å²) >= 11 is 0. The van der Waals surface area contributed by atoms with Crippen molar-refractivity contribution >= 4 is 22.9 Å². The second-order valence-corrected chi connectivity index (χ2v) is 6.14. The van der Waals surface area contributed by atoms with Gasteiger partial charge in [0.2, 0.25) is 0 Å². The van der Waals surface area contributed by atoms with Gasteiger partial charge in [0.05, 0.1) is 12.9 Å². The van der Waals surface area contributed by atoms with Crippen LogP contribution in [-0.2, 0) is 4.74 Å². The van der Waals surface area contributed by atoms with Gasteiger partial charge in [-0.1, -0.05) is 18.2 Å². The van der Waals surface area contributed by atoms with E-state index in [-0.39, 0.29) is 18.3 Å². The molecule has 2 aromatic heterocycles. The van der Waals surface area contributed by atoms with E-state index in [4.69, 9.17) is 4.74 Å². The minimum atomic E-state index is -1.37. The van der Waals surface area contributed by atoms with E-state index in [1.807, 2.05) is 6.07 Å². The van der Waals surface area contributed by atoms with Crippen LogP contribution in [0, 0.1) is 0 Å². The molecule has 0 saturated carbocycles. The molecule has 140 valence electrons. The Morgan fingerprint density at radius 3 is 2.67 bits per heavy atom. The quantitative estimate of drug-likeness (QED) is 0.491. The molecule has 10 nitrogen and oxygen atoms in total. The number of amides is 1. The molecule has 1 saturated heterocycles. The van der Waals surface area contributed by atoms with Crippen molar-refractivity contribution in [3.8, 4) is 0 Å². The maximum absolute atomic E-state index is 12.4. The van der Waals surface area contributed by atoms with Crippen LogP contribution in [0.2, 0.25) is 0 Å². The predicted molar refractivity (Wildman–Crippen MR) is 92.7 cm³/mol. The van der Waals surface area contributed by atoms with Gasteiger partial charge in [-0.15, -0.1) is 0 Å². The number of benzene rings is 1. The number of hydrogen-bond donors (Lipinski definition) is 4. The largest absolute Gasteiger partial charge is 0.388 e. The Labute approximate surface area is 153 Å². The highest BCUT2D eigenvalue weighted by molar-refractivity contribution is 6.06. The van der Waals surface area contributed by atoms with E-state index in [9.17, 15) is 20.1 Å². The van der Waals surface area contributed by atoms with Crippen LogP contribution < -0.4 is 5.32 Å². The van der Waals surface area contributed by atoms with E-state index in [0.29, 0.717) is 16.7 Å². The van der Waals surface area contributed by atoms with Crippen LogP contribution in [0.5, 0.6) is 0 Å². The molecule has 0 radical (unpaired) electrons. The average Bonchev–Trinajstić information content (AvgIpc) is 3.12. The minimum absolute atomic E-state index is 0.148. The average molecular weight is 371 g/mol. The van der Waals surface area contributed by atoms with Crippen LogP contribution in [0.1, 0.15) is 16.6 Å². The zero-order valence-electron chi connectivity index (χ0n) is 14.0. The molecular weight excluding hydrogens is 354 g/mol. The lowest BCUT2D eigenvalue weighted by atomic mass is 10.0. The van der Waals surface area contributed by atoms with Crippen molar-refractivity contribution in [1.29, 1.82) is 0 Å². The first-order chi connectivity index (χ1) is 13.1. The topological polar surface area (TPSA) is 143 Å². The maximum atomic E-state index is 12.4. The number of carbonyl (C=O) groups excluding carboxylic acids is 1. The number of nitrogens with one attached hydrogen (secondary N) is 1. The molecule has 4 unspecified atom stereocenters. The number of ether oxygens (including phenoxy) is 1. The highest BCUT2D eigenvalue weighted by Gasteiger charge is 2.39. The Balaban J connectivity index is 1.65. The molecule has 27 heavy (non-hydrogen) atoms. The van der Waals surface area contributed by atoms with Gasteiger partial charge < -0.3 is 25.4 Å². The number of hydrogen-bond acceptors (Lipinski definition) is 8. The molecule has 4 N–H and O–H groups in total. The molecule has 1 amide bonds. The second kappa shape index (κ2) is 7.00. The lowest BCUT2D eigenvalue weighted by Gasteiger charge is -2.35. The third kappa shape index (κ3) is 3.15. The summed E-state index contributed by atoms with van der Waals surface area (Å²) in [6, 6.07) is 8.65. The van der Waals surface area contributed by atoms with Crippen LogP contribution in [-0.4, -0.2) is 65.7 Å². The fourth-order valence-electron chi connectivity index (χ4n) is 2.93. The van der Waals surface area contributed by atoms with E-state index in [1.54, 1.807) is 24.3 Å². The monoisotopic (exact) mass is 371 g/mol. The summed E-state index contributed by atoms with van der Waals surface area (Å²) in [7, 11) is 0. The number of aliphatic hydroxyl groups excluding tert-OH is 3. The fraction of sp³-hybridized carbons (Fsp3) is 0.294. The highest BCUT2D eigenvalue weighted by Crippen LogP contribution is 2.28. The molecule has 1 aliphatic rings. The van der Waals surface area contributed by atoms with Crippen molar-refractivity contribution in [2.24, 2.45) is 0 Å². The normalized spacial score (nSPS) is 25.4. The van der Waals surface area contributed by atoms with E-state index < -0.39 is 24.5 Å². The first-order valence-electron chi connectivity index (χ1n) is 8.26. The first-order valence-corrected chi connectivity index (χ1v) is 8.26. The molecule has 1 aromatic carbocycles. The van der Waals surface area contributed by atoms with Crippen molar-refractivity contribution in [1.82, 2.24) is 19.5 Å². The molecule has 0 spiro atoms. The van der Waals surface area contributed by atoms with Crippen LogP contribution >= 0.6 is 0 Å². The summed E-state index contributed by atoms with van der Waals surface area (Å²) in [6.45, 7) is -0.148. The fourth-order valence-corrected chi connectivity index (χ4v) is 2.93. The van der Waals surface area contributed by atoms with Crippen molar-refractivity contribution in [3.63, 3.8) is 0 Å². The summed E-state index contributed by atoms with van der Waals surface area (Å²) in [5.41, 5.74) is 1.08. The molecule has 1 aliphatic heterocycles. The standard InChI is InChI=1S/C17H17N5O5/c23-10-6-27-17(13(25)12(10)24)22-8-20-11-14(18-7-19-15(11)22)21-16(26)9-4-2-1-3-5-9/h1-5,7-8,10,12-13,17,23-25H,6H2,(H,18,19,21,26). The molecular formula is C17H17N5O5. The second-order valence-electron chi connectivity index (χ2n) is 6.14. The molecule has 3 aromatic rings. The zero-order chi connectivity index (χ0) is 19.0. The van der Waals surface area contributed by atoms with Crippen molar-refractivity contribution in [2.75, 3.05) is 11.9 Å². The SMILES string of the molecule is O=C(Nc1ncnc2c1ncn2C1OCC(O)C(O)C1O)c1ccccc1. The molecule has 1 fully saturated rings.